The first-order valence-corrected chi connectivity index (χ1v) is 4.05. The van der Waals surface area contributed by atoms with Gasteiger partial charge < -0.3 is 15.9 Å². The Morgan fingerprint density at radius 1 is 1.36 bits per heavy atom. The van der Waals surface area contributed by atoms with Crippen molar-refractivity contribution in [1.82, 2.24) is 0 Å². The Morgan fingerprint density at radius 3 is 2.43 bits per heavy atom. The van der Waals surface area contributed by atoms with Crippen molar-refractivity contribution in [2.24, 2.45) is 5.73 Å². The van der Waals surface area contributed by atoms with Crippen LogP contribution in [0.1, 0.15) is 5.56 Å². The van der Waals surface area contributed by atoms with E-state index in [0.717, 1.165) is 5.56 Å². The molecule has 1 unspecified atom stereocenters. The quantitative estimate of drug-likeness (QED) is 0.663. The molecule has 14 heavy (non-hydrogen) atoms. The van der Waals surface area contributed by atoms with E-state index in [0.29, 0.717) is 0 Å². The Morgan fingerprint density at radius 2 is 1.93 bits per heavy atom. The second kappa shape index (κ2) is 4.43. The molecular formula is C10H11NO3. The van der Waals surface area contributed by atoms with Crippen LogP contribution in [0.4, 0.5) is 0 Å². The van der Waals surface area contributed by atoms with E-state index in [-0.39, 0.29) is 5.75 Å². The molecule has 0 bridgehead atoms. The first-order chi connectivity index (χ1) is 6.59. The Balaban J connectivity index is 2.69. The topological polar surface area (TPSA) is 83.5 Å². The molecule has 74 valence electrons. The van der Waals surface area contributed by atoms with Crippen LogP contribution in [0.25, 0.3) is 6.08 Å². The summed E-state index contributed by atoms with van der Waals surface area (Å²) in [7, 11) is 0. The third-order valence-electron chi connectivity index (χ3n) is 1.67. The van der Waals surface area contributed by atoms with Crippen molar-refractivity contribution >= 4 is 12.0 Å². The standard InChI is InChI=1S/C10H11NO3/c11-9(10(13)14)6-3-7-1-4-8(12)5-2-7/h1-6,9,12H,11H2,(H,13,14)/b6-3+. The molecule has 0 aromatic heterocycles. The molecule has 4 N–H and O–H groups in total. The van der Waals surface area contributed by atoms with Gasteiger partial charge in [-0.1, -0.05) is 24.3 Å². The van der Waals surface area contributed by atoms with Gasteiger partial charge in [-0.3, -0.25) is 4.79 Å². The SMILES string of the molecule is NC(/C=C/c1ccc(O)cc1)C(=O)O. The highest BCUT2D eigenvalue weighted by atomic mass is 16.4. The molecule has 1 aromatic rings. The normalized spacial score (nSPS) is 12.9. The molecule has 0 fully saturated rings. The maximum Gasteiger partial charge on any atom is 0.324 e. The highest BCUT2D eigenvalue weighted by Crippen LogP contribution is 2.10. The van der Waals surface area contributed by atoms with E-state index >= 15 is 0 Å². The molecular weight excluding hydrogens is 182 g/mol. The predicted octanol–water partition coefficient (Wildman–Crippen LogP) is 0.817. The first kappa shape index (κ1) is 10.3. The van der Waals surface area contributed by atoms with Gasteiger partial charge in [-0.15, -0.1) is 0 Å². The Hall–Kier alpha value is -1.81. The summed E-state index contributed by atoms with van der Waals surface area (Å²) in [5.74, 6) is -0.898. The van der Waals surface area contributed by atoms with Gasteiger partial charge in [-0.25, -0.2) is 0 Å². The molecule has 0 saturated heterocycles. The number of rotatable bonds is 3. The molecule has 1 aromatic carbocycles. The molecule has 0 heterocycles. The fourth-order valence-corrected chi connectivity index (χ4v) is 0.883. The molecule has 0 aliphatic carbocycles. The number of phenols is 1. The van der Waals surface area contributed by atoms with Crippen LogP contribution in [-0.4, -0.2) is 22.2 Å². The molecule has 4 heteroatoms. The third kappa shape index (κ3) is 2.91. The number of aliphatic carboxylic acids is 1. The summed E-state index contributed by atoms with van der Waals surface area (Å²) in [6, 6.07) is 5.38. The van der Waals surface area contributed by atoms with Crippen LogP contribution >= 0.6 is 0 Å². The van der Waals surface area contributed by atoms with E-state index in [1.54, 1.807) is 18.2 Å². The summed E-state index contributed by atoms with van der Waals surface area (Å²) in [5, 5.41) is 17.5. The molecule has 0 aliphatic rings. The summed E-state index contributed by atoms with van der Waals surface area (Å²) in [6.07, 6.45) is 2.98. The van der Waals surface area contributed by atoms with Crippen molar-refractivity contribution in [2.45, 2.75) is 6.04 Å². The van der Waals surface area contributed by atoms with Crippen LogP contribution in [0.5, 0.6) is 5.75 Å². The van der Waals surface area contributed by atoms with Crippen molar-refractivity contribution in [1.29, 1.82) is 0 Å². The van der Waals surface area contributed by atoms with Crippen molar-refractivity contribution in [3.8, 4) is 5.75 Å². The summed E-state index contributed by atoms with van der Waals surface area (Å²) in [6.45, 7) is 0. The number of hydrogen-bond acceptors (Lipinski definition) is 3. The van der Waals surface area contributed by atoms with Gasteiger partial charge in [0.05, 0.1) is 0 Å². The fraction of sp³-hybridized carbons (Fsp3) is 0.100. The number of nitrogens with two attached hydrogens (primary N) is 1. The zero-order valence-corrected chi connectivity index (χ0v) is 7.42. The molecule has 1 rings (SSSR count). The van der Waals surface area contributed by atoms with Crippen molar-refractivity contribution in [3.63, 3.8) is 0 Å². The van der Waals surface area contributed by atoms with Crippen LogP contribution < -0.4 is 5.73 Å². The van der Waals surface area contributed by atoms with Gasteiger partial charge in [-0.2, -0.15) is 0 Å². The van der Waals surface area contributed by atoms with Gasteiger partial charge in [0.2, 0.25) is 0 Å². The summed E-state index contributed by atoms with van der Waals surface area (Å²) < 4.78 is 0. The average Bonchev–Trinajstić information content (AvgIpc) is 2.16. The number of carboxylic acids is 1. The minimum absolute atomic E-state index is 0.171. The number of carboxylic acid groups (broad SMARTS) is 1. The summed E-state index contributed by atoms with van der Waals surface area (Å²) in [4.78, 5) is 10.4. The van der Waals surface area contributed by atoms with Gasteiger partial charge in [0.1, 0.15) is 11.8 Å². The predicted molar refractivity (Wildman–Crippen MR) is 52.8 cm³/mol. The Kier molecular flexibility index (Phi) is 3.25. The van der Waals surface area contributed by atoms with Gasteiger partial charge in [0.25, 0.3) is 0 Å². The molecule has 4 nitrogen and oxygen atoms in total. The zero-order chi connectivity index (χ0) is 10.6. The van der Waals surface area contributed by atoms with Crippen LogP contribution in [-0.2, 0) is 4.79 Å². The first-order valence-electron chi connectivity index (χ1n) is 4.05. The lowest BCUT2D eigenvalue weighted by Gasteiger charge is -1.98. The fourth-order valence-electron chi connectivity index (χ4n) is 0.883. The molecule has 0 radical (unpaired) electrons. The van der Waals surface area contributed by atoms with E-state index in [4.69, 9.17) is 15.9 Å². The lowest BCUT2D eigenvalue weighted by atomic mass is 10.1. The van der Waals surface area contributed by atoms with Gasteiger partial charge in [0, 0.05) is 0 Å². The highest BCUT2D eigenvalue weighted by molar-refractivity contribution is 5.77. The lowest BCUT2D eigenvalue weighted by Crippen LogP contribution is -2.27. The van der Waals surface area contributed by atoms with Gasteiger partial charge >= 0.3 is 5.97 Å². The second-order valence-electron chi connectivity index (χ2n) is 2.81. The largest absolute Gasteiger partial charge is 0.508 e. The summed E-state index contributed by atoms with van der Waals surface area (Å²) in [5.41, 5.74) is 6.05. The van der Waals surface area contributed by atoms with E-state index < -0.39 is 12.0 Å². The van der Waals surface area contributed by atoms with Crippen molar-refractivity contribution in [3.05, 3.63) is 35.9 Å². The summed E-state index contributed by atoms with van der Waals surface area (Å²) >= 11 is 0. The highest BCUT2D eigenvalue weighted by Gasteiger charge is 2.05. The molecule has 1 atom stereocenters. The Bertz CT molecular complexity index is 343. The van der Waals surface area contributed by atoms with Gasteiger partial charge in [-0.05, 0) is 17.7 Å². The van der Waals surface area contributed by atoms with Crippen LogP contribution in [0.15, 0.2) is 30.3 Å². The molecule has 0 saturated carbocycles. The number of benzene rings is 1. The number of aromatic hydroxyl groups is 1. The minimum atomic E-state index is -1.07. The molecule has 0 spiro atoms. The third-order valence-corrected chi connectivity index (χ3v) is 1.67. The lowest BCUT2D eigenvalue weighted by molar-refractivity contribution is -0.137. The number of hydrogen-bond donors (Lipinski definition) is 3. The Labute approximate surface area is 81.3 Å². The van der Waals surface area contributed by atoms with E-state index in [1.165, 1.54) is 18.2 Å². The maximum atomic E-state index is 10.4. The van der Waals surface area contributed by atoms with Crippen molar-refractivity contribution < 1.29 is 15.0 Å². The monoisotopic (exact) mass is 193 g/mol. The number of carbonyl (C=O) groups is 1. The van der Waals surface area contributed by atoms with E-state index in [1.807, 2.05) is 0 Å². The van der Waals surface area contributed by atoms with Crippen molar-refractivity contribution in [2.75, 3.05) is 0 Å². The minimum Gasteiger partial charge on any atom is -0.508 e. The van der Waals surface area contributed by atoms with Crippen LogP contribution in [0.2, 0.25) is 0 Å². The van der Waals surface area contributed by atoms with E-state index in [2.05, 4.69) is 0 Å². The van der Waals surface area contributed by atoms with E-state index in [9.17, 15) is 4.79 Å². The maximum absolute atomic E-state index is 10.4. The second-order valence-corrected chi connectivity index (χ2v) is 2.81. The molecule has 0 amide bonds. The smallest absolute Gasteiger partial charge is 0.324 e. The van der Waals surface area contributed by atoms with Gasteiger partial charge in [0.15, 0.2) is 0 Å². The number of phenolic OH excluding ortho intramolecular Hbond substituents is 1. The van der Waals surface area contributed by atoms with Crippen LogP contribution in [0, 0.1) is 0 Å². The van der Waals surface area contributed by atoms with Crippen LogP contribution in [0.3, 0.4) is 0 Å². The zero-order valence-electron chi connectivity index (χ0n) is 7.42. The molecule has 0 aliphatic heterocycles. The average molecular weight is 193 g/mol.